The van der Waals surface area contributed by atoms with E-state index in [-0.39, 0.29) is 17.9 Å². The van der Waals surface area contributed by atoms with Gasteiger partial charge >= 0.3 is 0 Å². The lowest BCUT2D eigenvalue weighted by Gasteiger charge is -2.23. The van der Waals surface area contributed by atoms with Gasteiger partial charge in [0.15, 0.2) is 0 Å². The van der Waals surface area contributed by atoms with Crippen molar-refractivity contribution >= 4 is 11.8 Å². The second kappa shape index (κ2) is 10.4. The van der Waals surface area contributed by atoms with Crippen molar-refractivity contribution in [3.8, 4) is 17.2 Å². The van der Waals surface area contributed by atoms with Crippen molar-refractivity contribution in [2.24, 2.45) is 0 Å². The van der Waals surface area contributed by atoms with Crippen LogP contribution in [0.5, 0.6) is 0 Å². The minimum absolute atomic E-state index is 0.0866. The van der Waals surface area contributed by atoms with Gasteiger partial charge in [-0.2, -0.15) is 5.26 Å². The summed E-state index contributed by atoms with van der Waals surface area (Å²) in [6.07, 6.45) is 5.60. The van der Waals surface area contributed by atoms with E-state index in [1.54, 1.807) is 0 Å². The Kier molecular flexibility index (Phi) is 7.18. The molecule has 0 radical (unpaired) electrons. The lowest BCUT2D eigenvalue weighted by molar-refractivity contribution is -0.124. The van der Waals surface area contributed by atoms with Gasteiger partial charge in [0.25, 0.3) is 5.91 Å². The molecule has 32 heavy (non-hydrogen) atoms. The fraction of sp³-hybridized carbons (Fsp3) is 0.423. The molecule has 2 fully saturated rings. The first-order chi connectivity index (χ1) is 15.6. The second-order valence-corrected chi connectivity index (χ2v) is 8.67. The van der Waals surface area contributed by atoms with Gasteiger partial charge in [-0.1, -0.05) is 42.8 Å². The molecule has 0 spiro atoms. The van der Waals surface area contributed by atoms with Crippen LogP contribution in [-0.4, -0.2) is 48.4 Å². The van der Waals surface area contributed by atoms with Crippen molar-refractivity contribution in [1.29, 1.82) is 5.26 Å². The topological polar surface area (TPSA) is 85.2 Å². The zero-order valence-corrected chi connectivity index (χ0v) is 18.3. The third-order valence-corrected chi connectivity index (χ3v) is 6.35. The summed E-state index contributed by atoms with van der Waals surface area (Å²) in [4.78, 5) is 26.8. The molecule has 6 heteroatoms. The van der Waals surface area contributed by atoms with Crippen LogP contribution in [0.15, 0.2) is 48.5 Å². The summed E-state index contributed by atoms with van der Waals surface area (Å²) in [6.45, 7) is 2.55. The molecule has 0 unspecified atom stereocenters. The van der Waals surface area contributed by atoms with Crippen LogP contribution in [0.3, 0.4) is 0 Å². The number of carbonyl (C=O) groups is 2. The van der Waals surface area contributed by atoms with E-state index >= 15 is 0 Å². The minimum atomic E-state index is -0.548. The van der Waals surface area contributed by atoms with E-state index in [1.807, 2.05) is 53.4 Å². The molecule has 0 aromatic heterocycles. The Morgan fingerprint density at radius 2 is 1.66 bits per heavy atom. The summed E-state index contributed by atoms with van der Waals surface area (Å²) in [5.41, 5.74) is 3.83. The summed E-state index contributed by atoms with van der Waals surface area (Å²) in [6, 6.07) is 17.2. The van der Waals surface area contributed by atoms with Crippen LogP contribution in [0.1, 0.15) is 48.0 Å². The number of rotatable bonds is 6. The average Bonchev–Trinajstić information content (AvgIpc) is 3.39. The number of piperidine rings is 1. The standard InChI is InChI=1S/C26H30N4O2/c27-18-23(29-25(31)24-5-1-2-14-28-24)17-19-6-8-20(9-7-19)21-10-12-22(13-11-21)26(32)30-15-3-4-16-30/h6-13,23-24,28H,1-5,14-17H2,(H,29,31)/t23-,24-/m0/s1. The predicted molar refractivity (Wildman–Crippen MR) is 124 cm³/mol. The first-order valence-electron chi connectivity index (χ1n) is 11.6. The Morgan fingerprint density at radius 3 is 2.25 bits per heavy atom. The highest BCUT2D eigenvalue weighted by Gasteiger charge is 2.23. The first kappa shape index (κ1) is 22.0. The lowest BCUT2D eigenvalue weighted by atomic mass is 9.99. The van der Waals surface area contributed by atoms with Crippen molar-refractivity contribution in [2.75, 3.05) is 19.6 Å². The van der Waals surface area contributed by atoms with Gasteiger partial charge in [0.05, 0.1) is 12.1 Å². The smallest absolute Gasteiger partial charge is 0.253 e. The van der Waals surface area contributed by atoms with Crippen LogP contribution in [0.2, 0.25) is 0 Å². The zero-order valence-electron chi connectivity index (χ0n) is 18.3. The maximum atomic E-state index is 12.5. The Labute approximate surface area is 189 Å². The van der Waals surface area contributed by atoms with E-state index < -0.39 is 6.04 Å². The quantitative estimate of drug-likeness (QED) is 0.737. The van der Waals surface area contributed by atoms with Crippen LogP contribution in [0.4, 0.5) is 0 Å². The van der Waals surface area contributed by atoms with E-state index in [0.29, 0.717) is 6.42 Å². The molecule has 6 nitrogen and oxygen atoms in total. The molecule has 2 saturated heterocycles. The third kappa shape index (κ3) is 5.35. The molecule has 2 aliphatic rings. The van der Waals surface area contributed by atoms with Gasteiger partial charge in [-0.25, -0.2) is 0 Å². The van der Waals surface area contributed by atoms with E-state index in [0.717, 1.165) is 74.0 Å². The molecule has 2 N–H and O–H groups in total. The highest BCUT2D eigenvalue weighted by Crippen LogP contribution is 2.22. The van der Waals surface area contributed by atoms with Gasteiger partial charge in [-0.15, -0.1) is 0 Å². The van der Waals surface area contributed by atoms with Crippen molar-refractivity contribution in [1.82, 2.24) is 15.5 Å². The molecule has 2 aromatic carbocycles. The summed E-state index contributed by atoms with van der Waals surface area (Å²) < 4.78 is 0. The summed E-state index contributed by atoms with van der Waals surface area (Å²) in [7, 11) is 0. The number of benzene rings is 2. The van der Waals surface area contributed by atoms with Crippen molar-refractivity contribution in [2.45, 2.75) is 50.6 Å². The number of likely N-dealkylation sites (tertiary alicyclic amines) is 1. The van der Waals surface area contributed by atoms with E-state index in [1.165, 1.54) is 0 Å². The second-order valence-electron chi connectivity index (χ2n) is 8.67. The van der Waals surface area contributed by atoms with E-state index in [2.05, 4.69) is 16.7 Å². The normalized spacial score (nSPS) is 19.2. The fourth-order valence-corrected chi connectivity index (χ4v) is 4.45. The number of nitrogens with one attached hydrogen (secondary N) is 2. The molecule has 2 amide bonds. The maximum Gasteiger partial charge on any atom is 0.253 e. The first-order valence-corrected chi connectivity index (χ1v) is 11.6. The summed E-state index contributed by atoms with van der Waals surface area (Å²) >= 11 is 0. The maximum absolute atomic E-state index is 12.5. The Balaban J connectivity index is 1.35. The van der Waals surface area contributed by atoms with Crippen LogP contribution >= 0.6 is 0 Å². The van der Waals surface area contributed by atoms with Gasteiger partial charge in [0.2, 0.25) is 5.91 Å². The minimum Gasteiger partial charge on any atom is -0.339 e. The molecule has 0 bridgehead atoms. The number of hydrogen-bond acceptors (Lipinski definition) is 4. The average molecular weight is 431 g/mol. The molecule has 166 valence electrons. The number of nitriles is 1. The van der Waals surface area contributed by atoms with Crippen molar-refractivity contribution < 1.29 is 9.59 Å². The van der Waals surface area contributed by atoms with Crippen LogP contribution < -0.4 is 10.6 Å². The molecule has 2 aliphatic heterocycles. The molecule has 2 atom stereocenters. The zero-order chi connectivity index (χ0) is 22.3. The summed E-state index contributed by atoms with van der Waals surface area (Å²) in [5, 5.41) is 15.6. The van der Waals surface area contributed by atoms with Gasteiger partial charge in [-0.05, 0) is 61.1 Å². The highest BCUT2D eigenvalue weighted by molar-refractivity contribution is 5.94. The van der Waals surface area contributed by atoms with Gasteiger partial charge < -0.3 is 15.5 Å². The molecule has 0 saturated carbocycles. The van der Waals surface area contributed by atoms with Crippen LogP contribution in [0.25, 0.3) is 11.1 Å². The number of hydrogen-bond donors (Lipinski definition) is 2. The SMILES string of the molecule is N#C[C@H](Cc1ccc(-c2ccc(C(=O)N3CCCC3)cc2)cc1)NC(=O)[C@@H]1CCCCN1. The van der Waals surface area contributed by atoms with Crippen LogP contribution in [-0.2, 0) is 11.2 Å². The fourth-order valence-electron chi connectivity index (χ4n) is 4.45. The Morgan fingerprint density at radius 1 is 1.00 bits per heavy atom. The Hall–Kier alpha value is -3.17. The molecular formula is C26H30N4O2. The Bertz CT molecular complexity index is 966. The van der Waals surface area contributed by atoms with E-state index in [9.17, 15) is 14.9 Å². The third-order valence-electron chi connectivity index (χ3n) is 6.35. The van der Waals surface area contributed by atoms with E-state index in [4.69, 9.17) is 0 Å². The molecule has 2 aromatic rings. The predicted octanol–water partition coefficient (Wildman–Crippen LogP) is 3.28. The number of amides is 2. The summed E-state index contributed by atoms with van der Waals surface area (Å²) in [5.74, 6) is 0.0221. The molecule has 0 aliphatic carbocycles. The largest absolute Gasteiger partial charge is 0.339 e. The van der Waals surface area contributed by atoms with Crippen molar-refractivity contribution in [3.05, 3.63) is 59.7 Å². The van der Waals surface area contributed by atoms with Gasteiger partial charge in [0.1, 0.15) is 6.04 Å². The molecule has 4 rings (SSSR count). The molecular weight excluding hydrogens is 400 g/mol. The highest BCUT2D eigenvalue weighted by atomic mass is 16.2. The monoisotopic (exact) mass is 430 g/mol. The van der Waals surface area contributed by atoms with Crippen molar-refractivity contribution in [3.63, 3.8) is 0 Å². The number of carbonyl (C=O) groups excluding carboxylic acids is 2. The lowest BCUT2D eigenvalue weighted by Crippen LogP contribution is -2.49. The number of nitrogens with zero attached hydrogens (tertiary/aromatic N) is 2. The van der Waals surface area contributed by atoms with Crippen LogP contribution in [0, 0.1) is 11.3 Å². The van der Waals surface area contributed by atoms with Gasteiger partial charge in [0, 0.05) is 25.1 Å². The molecule has 2 heterocycles. The van der Waals surface area contributed by atoms with Gasteiger partial charge in [-0.3, -0.25) is 9.59 Å².